The van der Waals surface area contributed by atoms with Crippen LogP contribution in [0.25, 0.3) is 6.08 Å². The zero-order chi connectivity index (χ0) is 16.7. The molecule has 0 aliphatic rings. The summed E-state index contributed by atoms with van der Waals surface area (Å²) in [5, 5.41) is 9.14. The Morgan fingerprint density at radius 1 is 1.04 bits per heavy atom. The average Bonchev–Trinajstić information content (AvgIpc) is 2.55. The van der Waals surface area contributed by atoms with Gasteiger partial charge in [0.1, 0.15) is 4.91 Å². The highest BCUT2D eigenvalue weighted by molar-refractivity contribution is 8.17. The molecule has 2 aromatic carbocycles. The van der Waals surface area contributed by atoms with Gasteiger partial charge in [0.05, 0.1) is 0 Å². The summed E-state index contributed by atoms with van der Waals surface area (Å²) in [6.45, 7) is 1.97. The lowest BCUT2D eigenvalue weighted by molar-refractivity contribution is -0.131. The highest BCUT2D eigenvalue weighted by Crippen LogP contribution is 2.23. The summed E-state index contributed by atoms with van der Waals surface area (Å²) in [5.41, 5.74) is 2.95. The molecule has 23 heavy (non-hydrogen) atoms. The van der Waals surface area contributed by atoms with E-state index in [1.54, 1.807) is 0 Å². The maximum Gasteiger partial charge on any atom is 0.342 e. The van der Waals surface area contributed by atoms with Crippen LogP contribution in [-0.2, 0) is 16.0 Å². The molecule has 0 bridgehead atoms. The monoisotopic (exact) mass is 326 g/mol. The molecule has 2 rings (SSSR count). The van der Waals surface area contributed by atoms with Crippen molar-refractivity contribution >= 4 is 28.9 Å². The second-order valence-corrected chi connectivity index (χ2v) is 6.28. The Morgan fingerprint density at radius 3 is 2.30 bits per heavy atom. The first-order valence-corrected chi connectivity index (χ1v) is 8.12. The predicted molar refractivity (Wildman–Crippen MR) is 94.2 cm³/mol. The summed E-state index contributed by atoms with van der Waals surface area (Å²) >= 11 is 0.794. The molecular weight excluding hydrogens is 308 g/mol. The Morgan fingerprint density at radius 2 is 1.70 bits per heavy atom. The van der Waals surface area contributed by atoms with Gasteiger partial charge >= 0.3 is 5.97 Å². The summed E-state index contributed by atoms with van der Waals surface area (Å²) in [7, 11) is 0. The van der Waals surface area contributed by atoms with E-state index in [1.165, 1.54) is 6.08 Å². The molecule has 0 radical (unpaired) electrons. The smallest absolute Gasteiger partial charge is 0.342 e. The van der Waals surface area contributed by atoms with Crippen LogP contribution in [0.5, 0.6) is 0 Å². The Labute approximate surface area is 140 Å². The number of carbonyl (C=O) groups excluding carboxylic acids is 1. The molecule has 0 saturated heterocycles. The standard InChI is InChI=1S/C19H18O3S/c1-14-7-9-16(10-8-14)13-17(19(21)22)23-18(20)12-11-15-5-3-2-4-6-15/h2-10,13H,11-12H2,1H3,(H,21,22). The van der Waals surface area contributed by atoms with Crippen LogP contribution >= 0.6 is 11.8 Å². The molecular formula is C19H18O3S. The van der Waals surface area contributed by atoms with Crippen molar-refractivity contribution in [1.29, 1.82) is 0 Å². The molecule has 4 heteroatoms. The van der Waals surface area contributed by atoms with Crippen molar-refractivity contribution in [1.82, 2.24) is 0 Å². The van der Waals surface area contributed by atoms with Crippen LogP contribution in [-0.4, -0.2) is 16.2 Å². The second-order valence-electron chi connectivity index (χ2n) is 5.18. The summed E-state index contributed by atoms with van der Waals surface area (Å²) in [4.78, 5) is 23.4. The van der Waals surface area contributed by atoms with Crippen LogP contribution < -0.4 is 0 Å². The van der Waals surface area contributed by atoms with E-state index >= 15 is 0 Å². The molecule has 0 heterocycles. The summed E-state index contributed by atoms with van der Waals surface area (Å²) in [6, 6.07) is 17.2. The fourth-order valence-corrected chi connectivity index (χ4v) is 2.75. The largest absolute Gasteiger partial charge is 0.477 e. The van der Waals surface area contributed by atoms with Gasteiger partial charge in [-0.2, -0.15) is 0 Å². The molecule has 0 unspecified atom stereocenters. The van der Waals surface area contributed by atoms with Gasteiger partial charge in [0.25, 0.3) is 0 Å². The van der Waals surface area contributed by atoms with E-state index in [0.29, 0.717) is 12.8 Å². The topological polar surface area (TPSA) is 54.4 Å². The zero-order valence-electron chi connectivity index (χ0n) is 12.9. The molecule has 0 aliphatic heterocycles. The van der Waals surface area contributed by atoms with Crippen molar-refractivity contribution in [3.63, 3.8) is 0 Å². The summed E-state index contributed by atoms with van der Waals surface area (Å²) in [6.07, 6.45) is 2.46. The number of carboxylic acids is 1. The van der Waals surface area contributed by atoms with Gasteiger partial charge in [-0.05, 0) is 42.3 Å². The zero-order valence-corrected chi connectivity index (χ0v) is 13.7. The number of benzene rings is 2. The number of carboxylic acid groups (broad SMARTS) is 1. The van der Waals surface area contributed by atoms with E-state index in [-0.39, 0.29) is 10.0 Å². The van der Waals surface area contributed by atoms with E-state index in [2.05, 4.69) is 0 Å². The molecule has 0 atom stereocenters. The van der Waals surface area contributed by atoms with Crippen molar-refractivity contribution in [3.8, 4) is 0 Å². The van der Waals surface area contributed by atoms with Crippen LogP contribution in [0.2, 0.25) is 0 Å². The van der Waals surface area contributed by atoms with Gasteiger partial charge in [0.15, 0.2) is 5.12 Å². The summed E-state index contributed by atoms with van der Waals surface area (Å²) < 4.78 is 0. The first-order valence-electron chi connectivity index (χ1n) is 7.31. The highest BCUT2D eigenvalue weighted by Gasteiger charge is 2.14. The number of aliphatic carboxylic acids is 1. The van der Waals surface area contributed by atoms with Crippen LogP contribution in [0.4, 0.5) is 0 Å². The van der Waals surface area contributed by atoms with Gasteiger partial charge in [0.2, 0.25) is 0 Å². The Bertz CT molecular complexity index is 703. The first kappa shape index (κ1) is 17.0. The first-order chi connectivity index (χ1) is 11.0. The minimum atomic E-state index is -1.08. The molecule has 0 spiro atoms. The maximum absolute atomic E-state index is 12.0. The number of hydrogen-bond acceptors (Lipinski definition) is 3. The molecule has 1 N–H and O–H groups in total. The molecule has 0 fully saturated rings. The van der Waals surface area contributed by atoms with E-state index < -0.39 is 5.97 Å². The van der Waals surface area contributed by atoms with Crippen molar-refractivity contribution in [2.75, 3.05) is 0 Å². The molecule has 0 aromatic heterocycles. The number of hydrogen-bond donors (Lipinski definition) is 1. The molecule has 118 valence electrons. The number of carbonyl (C=O) groups is 2. The van der Waals surface area contributed by atoms with Gasteiger partial charge in [-0.3, -0.25) is 4.79 Å². The van der Waals surface area contributed by atoms with E-state index in [4.69, 9.17) is 0 Å². The maximum atomic E-state index is 12.0. The third kappa shape index (κ3) is 5.75. The molecule has 0 aliphatic carbocycles. The van der Waals surface area contributed by atoms with Crippen molar-refractivity contribution in [3.05, 3.63) is 76.2 Å². The molecule has 3 nitrogen and oxygen atoms in total. The van der Waals surface area contributed by atoms with Crippen LogP contribution in [0, 0.1) is 6.92 Å². The van der Waals surface area contributed by atoms with Crippen molar-refractivity contribution in [2.24, 2.45) is 0 Å². The van der Waals surface area contributed by atoms with E-state index in [0.717, 1.165) is 28.5 Å². The fraction of sp³-hybridized carbons (Fsp3) is 0.158. The third-order valence-electron chi connectivity index (χ3n) is 3.27. The molecule has 0 saturated carbocycles. The van der Waals surface area contributed by atoms with Crippen molar-refractivity contribution < 1.29 is 14.7 Å². The Hall–Kier alpha value is -2.33. The molecule has 0 amide bonds. The Balaban J connectivity index is 2.00. The quantitative estimate of drug-likeness (QED) is 0.804. The van der Waals surface area contributed by atoms with Gasteiger partial charge in [-0.1, -0.05) is 60.2 Å². The fourth-order valence-electron chi connectivity index (χ4n) is 2.01. The highest BCUT2D eigenvalue weighted by atomic mass is 32.2. The summed E-state index contributed by atoms with van der Waals surface area (Å²) in [5.74, 6) is -1.08. The van der Waals surface area contributed by atoms with E-state index in [9.17, 15) is 14.7 Å². The minimum Gasteiger partial charge on any atom is -0.477 e. The minimum absolute atomic E-state index is 0.0481. The lowest BCUT2D eigenvalue weighted by Crippen LogP contribution is -2.02. The van der Waals surface area contributed by atoms with Gasteiger partial charge in [-0.15, -0.1) is 0 Å². The lowest BCUT2D eigenvalue weighted by atomic mass is 10.1. The normalized spacial score (nSPS) is 11.3. The van der Waals surface area contributed by atoms with Crippen LogP contribution in [0.3, 0.4) is 0 Å². The number of aryl methyl sites for hydroxylation is 2. The van der Waals surface area contributed by atoms with Gasteiger partial charge in [-0.25, -0.2) is 4.79 Å². The molecule has 2 aromatic rings. The van der Waals surface area contributed by atoms with Crippen LogP contribution in [0.1, 0.15) is 23.1 Å². The van der Waals surface area contributed by atoms with Gasteiger partial charge in [0, 0.05) is 6.42 Å². The van der Waals surface area contributed by atoms with Gasteiger partial charge < -0.3 is 5.11 Å². The van der Waals surface area contributed by atoms with Crippen LogP contribution in [0.15, 0.2) is 59.5 Å². The SMILES string of the molecule is Cc1ccc(C=C(SC(=O)CCc2ccccc2)C(=O)O)cc1. The lowest BCUT2D eigenvalue weighted by Gasteiger charge is -2.03. The van der Waals surface area contributed by atoms with E-state index in [1.807, 2.05) is 61.5 Å². The second kappa shape index (κ2) is 8.34. The predicted octanol–water partition coefficient (Wildman–Crippen LogP) is 4.31. The average molecular weight is 326 g/mol. The number of rotatable bonds is 6. The van der Waals surface area contributed by atoms with Crippen molar-refractivity contribution in [2.45, 2.75) is 19.8 Å². The number of thioether (sulfide) groups is 1. The Kier molecular flexibility index (Phi) is 6.18. The third-order valence-corrected chi connectivity index (χ3v) is 4.21.